The predicted molar refractivity (Wildman–Crippen MR) is 57.9 cm³/mol. The van der Waals surface area contributed by atoms with E-state index in [9.17, 15) is 8.42 Å². The molecule has 0 radical (unpaired) electrons. The van der Waals surface area contributed by atoms with Gasteiger partial charge in [-0.15, -0.1) is 5.10 Å². The Morgan fingerprint density at radius 1 is 1.24 bits per heavy atom. The Hall–Kier alpha value is -1.90. The maximum Gasteiger partial charge on any atom is 0.329 e. The summed E-state index contributed by atoms with van der Waals surface area (Å²) in [6.07, 6.45) is 0. The van der Waals surface area contributed by atoms with Gasteiger partial charge in [0.2, 0.25) is 5.89 Å². The summed E-state index contributed by atoms with van der Waals surface area (Å²) in [7, 11) is -3.76. The van der Waals surface area contributed by atoms with Gasteiger partial charge >= 0.3 is 6.01 Å². The Labute approximate surface area is 97.5 Å². The van der Waals surface area contributed by atoms with Gasteiger partial charge in [-0.2, -0.15) is 5.10 Å². The number of H-pyrrole nitrogens is 1. The van der Waals surface area contributed by atoms with Gasteiger partial charge in [0.15, 0.2) is 0 Å². The van der Waals surface area contributed by atoms with Gasteiger partial charge < -0.3 is 4.42 Å². The van der Waals surface area contributed by atoms with Gasteiger partial charge in [-0.05, 0) is 13.8 Å². The third kappa shape index (κ3) is 2.13. The van der Waals surface area contributed by atoms with E-state index in [4.69, 9.17) is 4.42 Å². The Kier molecular flexibility index (Phi) is 2.62. The number of hydrogen-bond donors (Lipinski definition) is 2. The van der Waals surface area contributed by atoms with Gasteiger partial charge in [0.1, 0.15) is 4.90 Å². The molecule has 0 aliphatic rings. The number of aromatic amines is 1. The van der Waals surface area contributed by atoms with E-state index in [0.29, 0.717) is 11.4 Å². The van der Waals surface area contributed by atoms with E-state index >= 15 is 0 Å². The molecule has 2 rings (SSSR count). The average molecular weight is 257 g/mol. The molecule has 0 bridgehead atoms. The monoisotopic (exact) mass is 257 g/mol. The maximum absolute atomic E-state index is 12.0. The Bertz CT molecular complexity index is 622. The van der Waals surface area contributed by atoms with Gasteiger partial charge in [-0.3, -0.25) is 5.10 Å². The zero-order valence-electron chi connectivity index (χ0n) is 9.47. The van der Waals surface area contributed by atoms with Crippen molar-refractivity contribution < 1.29 is 12.8 Å². The van der Waals surface area contributed by atoms with E-state index in [0.717, 1.165) is 0 Å². The van der Waals surface area contributed by atoms with Crippen LogP contribution in [0.5, 0.6) is 0 Å². The maximum atomic E-state index is 12.0. The van der Waals surface area contributed by atoms with E-state index in [1.54, 1.807) is 20.8 Å². The second kappa shape index (κ2) is 3.84. The minimum atomic E-state index is -3.76. The number of rotatable bonds is 3. The molecule has 2 aromatic rings. The van der Waals surface area contributed by atoms with Crippen LogP contribution in [0.25, 0.3) is 0 Å². The molecule has 0 aliphatic carbocycles. The molecule has 0 spiro atoms. The van der Waals surface area contributed by atoms with Crippen LogP contribution in [-0.4, -0.2) is 28.8 Å². The summed E-state index contributed by atoms with van der Waals surface area (Å²) in [5.74, 6) is 0.281. The molecule has 8 nitrogen and oxygen atoms in total. The van der Waals surface area contributed by atoms with Gasteiger partial charge in [-0.1, -0.05) is 5.10 Å². The topological polar surface area (TPSA) is 114 Å². The number of aryl methyl sites for hydroxylation is 3. The van der Waals surface area contributed by atoms with Crippen molar-refractivity contribution in [2.75, 3.05) is 4.72 Å². The van der Waals surface area contributed by atoms with Crippen LogP contribution >= 0.6 is 0 Å². The lowest BCUT2D eigenvalue weighted by Gasteiger charge is -2.03. The number of sulfonamides is 1. The molecule has 2 aromatic heterocycles. The quantitative estimate of drug-likeness (QED) is 0.828. The van der Waals surface area contributed by atoms with Crippen molar-refractivity contribution >= 4 is 16.0 Å². The highest BCUT2D eigenvalue weighted by molar-refractivity contribution is 7.92. The highest BCUT2D eigenvalue weighted by Gasteiger charge is 2.24. The van der Waals surface area contributed by atoms with E-state index < -0.39 is 10.0 Å². The fourth-order valence-electron chi connectivity index (χ4n) is 1.44. The van der Waals surface area contributed by atoms with Crippen molar-refractivity contribution in [3.05, 3.63) is 17.3 Å². The smallest absolute Gasteiger partial charge is 0.329 e. The fraction of sp³-hybridized carbons (Fsp3) is 0.375. The SMILES string of the molecule is Cc1nnc(NS(=O)(=O)c2c(C)n[nH]c2C)o1. The zero-order valence-corrected chi connectivity index (χ0v) is 10.3. The van der Waals surface area contributed by atoms with E-state index in [1.807, 2.05) is 0 Å². The van der Waals surface area contributed by atoms with Crippen molar-refractivity contribution in [1.82, 2.24) is 20.4 Å². The molecule has 2 heterocycles. The van der Waals surface area contributed by atoms with Crippen molar-refractivity contribution in [2.24, 2.45) is 0 Å². The van der Waals surface area contributed by atoms with Crippen LogP contribution in [0.1, 0.15) is 17.3 Å². The van der Waals surface area contributed by atoms with Crippen LogP contribution in [0.2, 0.25) is 0 Å². The third-order valence-corrected chi connectivity index (χ3v) is 3.66. The Morgan fingerprint density at radius 2 is 1.94 bits per heavy atom. The number of aromatic nitrogens is 4. The van der Waals surface area contributed by atoms with Crippen LogP contribution in [-0.2, 0) is 10.0 Å². The van der Waals surface area contributed by atoms with Crippen LogP contribution in [0, 0.1) is 20.8 Å². The normalized spacial score (nSPS) is 11.7. The van der Waals surface area contributed by atoms with Crippen LogP contribution in [0.15, 0.2) is 9.31 Å². The van der Waals surface area contributed by atoms with E-state index in [1.165, 1.54) is 0 Å². The van der Waals surface area contributed by atoms with Crippen LogP contribution < -0.4 is 4.72 Å². The fourth-order valence-corrected chi connectivity index (χ4v) is 2.74. The minimum Gasteiger partial charge on any atom is -0.408 e. The van der Waals surface area contributed by atoms with E-state index in [2.05, 4.69) is 25.1 Å². The first-order chi connectivity index (χ1) is 7.90. The zero-order chi connectivity index (χ0) is 12.6. The summed E-state index contributed by atoms with van der Waals surface area (Å²) < 4.78 is 31.2. The van der Waals surface area contributed by atoms with Crippen LogP contribution in [0.3, 0.4) is 0 Å². The number of nitrogens with one attached hydrogen (secondary N) is 2. The minimum absolute atomic E-state index is 0.0911. The highest BCUT2D eigenvalue weighted by Crippen LogP contribution is 2.19. The molecule has 0 fully saturated rings. The van der Waals surface area contributed by atoms with E-state index in [-0.39, 0.29) is 16.8 Å². The molecular weight excluding hydrogens is 246 g/mol. The summed E-state index contributed by atoms with van der Waals surface area (Å²) in [6, 6.07) is -0.164. The van der Waals surface area contributed by atoms with Crippen molar-refractivity contribution in [2.45, 2.75) is 25.7 Å². The summed E-state index contributed by atoms with van der Waals surface area (Å²) in [5.41, 5.74) is 0.831. The molecule has 0 aromatic carbocycles. The lowest BCUT2D eigenvalue weighted by molar-refractivity contribution is 0.534. The molecule has 17 heavy (non-hydrogen) atoms. The Morgan fingerprint density at radius 3 is 2.41 bits per heavy atom. The van der Waals surface area contributed by atoms with Gasteiger partial charge in [0, 0.05) is 6.92 Å². The molecule has 0 saturated heterocycles. The molecule has 9 heteroatoms. The molecular formula is C8H11N5O3S. The highest BCUT2D eigenvalue weighted by atomic mass is 32.2. The first-order valence-corrected chi connectivity index (χ1v) is 6.23. The Balaban J connectivity index is 2.38. The van der Waals surface area contributed by atoms with Crippen molar-refractivity contribution in [3.63, 3.8) is 0 Å². The van der Waals surface area contributed by atoms with Crippen LogP contribution in [0.4, 0.5) is 6.01 Å². The predicted octanol–water partition coefficient (Wildman–Crippen LogP) is 0.519. The summed E-state index contributed by atoms with van der Waals surface area (Å²) >= 11 is 0. The van der Waals surface area contributed by atoms with Gasteiger partial charge in [-0.25, -0.2) is 13.1 Å². The molecule has 0 aliphatic heterocycles. The van der Waals surface area contributed by atoms with Gasteiger partial charge in [0.05, 0.1) is 11.4 Å². The standard InChI is InChI=1S/C8H11N5O3S/c1-4-7(5(2)10-9-4)17(14,15)13-8-12-11-6(3)16-8/h1-3H3,(H,9,10)(H,12,13). The molecule has 0 unspecified atom stereocenters. The number of anilines is 1. The van der Waals surface area contributed by atoms with Gasteiger partial charge in [0.25, 0.3) is 10.0 Å². The molecule has 0 saturated carbocycles. The summed E-state index contributed by atoms with van der Waals surface area (Å²) in [5, 5.41) is 13.5. The first-order valence-electron chi connectivity index (χ1n) is 4.74. The second-order valence-electron chi connectivity index (χ2n) is 3.49. The lowest BCUT2D eigenvalue weighted by Crippen LogP contribution is -2.14. The van der Waals surface area contributed by atoms with Crippen molar-refractivity contribution in [3.8, 4) is 0 Å². The number of hydrogen-bond acceptors (Lipinski definition) is 6. The molecule has 92 valence electrons. The third-order valence-electron chi connectivity index (χ3n) is 2.08. The average Bonchev–Trinajstić information content (AvgIpc) is 2.73. The summed E-state index contributed by atoms with van der Waals surface area (Å²) in [6.45, 7) is 4.78. The largest absolute Gasteiger partial charge is 0.408 e. The second-order valence-corrected chi connectivity index (χ2v) is 5.11. The molecule has 0 atom stereocenters. The molecule has 0 amide bonds. The summed E-state index contributed by atoms with van der Waals surface area (Å²) in [4.78, 5) is 0.0911. The lowest BCUT2D eigenvalue weighted by atomic mass is 10.4. The van der Waals surface area contributed by atoms with Crippen molar-refractivity contribution in [1.29, 1.82) is 0 Å². The number of nitrogens with zero attached hydrogens (tertiary/aromatic N) is 3. The first kappa shape index (κ1) is 11.6. The molecule has 2 N–H and O–H groups in total.